The zero-order chi connectivity index (χ0) is 24.8. The van der Waals surface area contributed by atoms with E-state index in [4.69, 9.17) is 21.1 Å². The minimum Gasteiger partial charge on any atom is -0.507 e. The number of rotatable bonds is 8. The second kappa shape index (κ2) is 11.4. The summed E-state index contributed by atoms with van der Waals surface area (Å²) >= 11 is 8.74. The van der Waals surface area contributed by atoms with E-state index in [2.05, 4.69) is 33.1 Å². The quantitative estimate of drug-likeness (QED) is 0.137. The number of benzene rings is 4. The SMILES string of the molecule is CCOc1cc(C=NNC(=O)c2cc3ccccc3cc2O)cc(Cl)c1OCc1ccc(I)cc1. The van der Waals surface area contributed by atoms with Crippen LogP contribution in [-0.2, 0) is 6.61 Å². The summed E-state index contributed by atoms with van der Waals surface area (Å²) in [5.74, 6) is 0.269. The van der Waals surface area contributed by atoms with E-state index in [-0.39, 0.29) is 11.3 Å². The van der Waals surface area contributed by atoms with Crippen LogP contribution in [0.25, 0.3) is 10.8 Å². The van der Waals surface area contributed by atoms with E-state index < -0.39 is 5.91 Å². The van der Waals surface area contributed by atoms with Gasteiger partial charge in [-0.1, -0.05) is 48.0 Å². The monoisotopic (exact) mass is 600 g/mol. The number of aromatic hydroxyl groups is 1. The molecule has 35 heavy (non-hydrogen) atoms. The molecule has 0 saturated heterocycles. The number of carbonyl (C=O) groups excluding carboxylic acids is 1. The lowest BCUT2D eigenvalue weighted by molar-refractivity contribution is 0.0952. The van der Waals surface area contributed by atoms with E-state index in [1.54, 1.807) is 24.3 Å². The molecule has 0 aliphatic rings. The topological polar surface area (TPSA) is 80.2 Å². The number of hydrogen-bond acceptors (Lipinski definition) is 5. The largest absolute Gasteiger partial charge is 0.507 e. The Kier molecular flexibility index (Phi) is 8.09. The first-order valence-corrected chi connectivity index (χ1v) is 12.3. The molecule has 4 aromatic carbocycles. The second-order valence-electron chi connectivity index (χ2n) is 7.59. The van der Waals surface area contributed by atoms with Crippen molar-refractivity contribution in [2.75, 3.05) is 6.61 Å². The van der Waals surface area contributed by atoms with Crippen LogP contribution in [-0.4, -0.2) is 23.8 Å². The number of hydrazone groups is 1. The molecule has 6 nitrogen and oxygen atoms in total. The van der Waals surface area contributed by atoms with Crippen LogP contribution in [0.1, 0.15) is 28.4 Å². The van der Waals surface area contributed by atoms with Crippen LogP contribution in [0.4, 0.5) is 0 Å². The van der Waals surface area contributed by atoms with Gasteiger partial charge in [0.15, 0.2) is 11.5 Å². The summed E-state index contributed by atoms with van der Waals surface area (Å²) in [6.07, 6.45) is 1.45. The Balaban J connectivity index is 1.48. The Hall–Kier alpha value is -3.30. The van der Waals surface area contributed by atoms with Crippen molar-refractivity contribution in [2.45, 2.75) is 13.5 Å². The molecule has 0 unspecified atom stereocenters. The molecule has 0 atom stereocenters. The second-order valence-corrected chi connectivity index (χ2v) is 9.25. The van der Waals surface area contributed by atoms with Crippen LogP contribution >= 0.6 is 34.2 Å². The van der Waals surface area contributed by atoms with Crippen molar-refractivity contribution in [2.24, 2.45) is 5.10 Å². The van der Waals surface area contributed by atoms with E-state index in [9.17, 15) is 9.90 Å². The summed E-state index contributed by atoms with van der Waals surface area (Å²) in [4.78, 5) is 12.6. The van der Waals surface area contributed by atoms with Gasteiger partial charge in [-0.2, -0.15) is 5.10 Å². The number of hydrogen-bond donors (Lipinski definition) is 2. The fraction of sp³-hybridized carbons (Fsp3) is 0.111. The average Bonchev–Trinajstić information content (AvgIpc) is 2.84. The Morgan fingerprint density at radius 3 is 2.49 bits per heavy atom. The van der Waals surface area contributed by atoms with Gasteiger partial charge in [0.1, 0.15) is 12.4 Å². The van der Waals surface area contributed by atoms with Crippen molar-refractivity contribution in [3.63, 3.8) is 0 Å². The minimum atomic E-state index is -0.530. The van der Waals surface area contributed by atoms with Gasteiger partial charge in [-0.05, 0) is 87.8 Å². The molecule has 4 aromatic rings. The summed E-state index contributed by atoms with van der Waals surface area (Å²) < 4.78 is 12.8. The number of ether oxygens (including phenoxy) is 2. The maximum Gasteiger partial charge on any atom is 0.275 e. The van der Waals surface area contributed by atoms with Crippen molar-refractivity contribution in [3.05, 3.63) is 98.1 Å². The van der Waals surface area contributed by atoms with E-state index in [0.29, 0.717) is 35.3 Å². The molecule has 0 spiro atoms. The van der Waals surface area contributed by atoms with Crippen molar-refractivity contribution >= 4 is 57.1 Å². The van der Waals surface area contributed by atoms with E-state index in [1.807, 2.05) is 55.5 Å². The molecule has 8 heteroatoms. The maximum atomic E-state index is 12.6. The third-order valence-electron chi connectivity index (χ3n) is 5.12. The lowest BCUT2D eigenvalue weighted by atomic mass is 10.1. The van der Waals surface area contributed by atoms with E-state index >= 15 is 0 Å². The molecule has 0 radical (unpaired) electrons. The summed E-state index contributed by atoms with van der Waals surface area (Å²) in [5.41, 5.74) is 4.20. The lowest BCUT2D eigenvalue weighted by Gasteiger charge is -2.14. The zero-order valence-electron chi connectivity index (χ0n) is 18.8. The number of fused-ring (bicyclic) bond motifs is 1. The molecule has 2 N–H and O–H groups in total. The van der Waals surface area contributed by atoms with Crippen molar-refractivity contribution in [1.82, 2.24) is 5.43 Å². The van der Waals surface area contributed by atoms with Gasteiger partial charge >= 0.3 is 0 Å². The Morgan fingerprint density at radius 1 is 1.06 bits per heavy atom. The molecule has 0 bridgehead atoms. The van der Waals surface area contributed by atoms with Gasteiger partial charge in [0.25, 0.3) is 5.91 Å². The third kappa shape index (κ3) is 6.23. The smallest absolute Gasteiger partial charge is 0.275 e. The molecule has 4 rings (SSSR count). The number of phenolic OH excluding ortho intramolecular Hbond substituents is 1. The summed E-state index contributed by atoms with van der Waals surface area (Å²) in [6.45, 7) is 2.64. The van der Waals surface area contributed by atoms with Crippen LogP contribution in [0.2, 0.25) is 5.02 Å². The number of nitrogens with zero attached hydrogens (tertiary/aromatic N) is 1. The summed E-state index contributed by atoms with van der Waals surface area (Å²) in [7, 11) is 0. The first kappa shape index (κ1) is 24.8. The number of carbonyl (C=O) groups is 1. The van der Waals surface area contributed by atoms with E-state index in [0.717, 1.165) is 19.9 Å². The molecule has 0 aliphatic carbocycles. The van der Waals surface area contributed by atoms with Gasteiger partial charge in [0.2, 0.25) is 0 Å². The Bertz CT molecular complexity index is 1390. The minimum absolute atomic E-state index is 0.118. The Morgan fingerprint density at radius 2 is 1.77 bits per heavy atom. The molecule has 0 heterocycles. The molecule has 0 saturated carbocycles. The van der Waals surface area contributed by atoms with Crippen molar-refractivity contribution in [3.8, 4) is 17.2 Å². The fourth-order valence-corrected chi connectivity index (χ4v) is 4.07. The maximum absolute atomic E-state index is 12.6. The first-order chi connectivity index (χ1) is 16.9. The van der Waals surface area contributed by atoms with Crippen LogP contribution in [0.3, 0.4) is 0 Å². The molecular formula is C27H22ClIN2O4. The highest BCUT2D eigenvalue weighted by atomic mass is 127. The third-order valence-corrected chi connectivity index (χ3v) is 6.12. The van der Waals surface area contributed by atoms with Gasteiger partial charge in [-0.15, -0.1) is 0 Å². The predicted octanol–water partition coefficient (Wildman–Crippen LogP) is 6.55. The van der Waals surface area contributed by atoms with Crippen molar-refractivity contribution < 1.29 is 19.4 Å². The Labute approximate surface area is 221 Å². The van der Waals surface area contributed by atoms with Gasteiger partial charge in [0.05, 0.1) is 23.4 Å². The lowest BCUT2D eigenvalue weighted by Crippen LogP contribution is -2.17. The highest BCUT2D eigenvalue weighted by Crippen LogP contribution is 2.37. The molecule has 0 aliphatic heterocycles. The van der Waals surface area contributed by atoms with Gasteiger partial charge in [0, 0.05) is 3.57 Å². The normalized spacial score (nSPS) is 11.1. The zero-order valence-corrected chi connectivity index (χ0v) is 21.7. The molecule has 1 amide bonds. The summed E-state index contributed by atoms with van der Waals surface area (Å²) in [5, 5.41) is 16.3. The predicted molar refractivity (Wildman–Crippen MR) is 147 cm³/mol. The molecule has 0 aromatic heterocycles. The summed E-state index contributed by atoms with van der Waals surface area (Å²) in [6, 6.07) is 22.1. The highest BCUT2D eigenvalue weighted by molar-refractivity contribution is 14.1. The average molecular weight is 601 g/mol. The van der Waals surface area contributed by atoms with Crippen molar-refractivity contribution in [1.29, 1.82) is 0 Å². The number of phenols is 1. The van der Waals surface area contributed by atoms with Crippen LogP contribution in [0.5, 0.6) is 17.2 Å². The van der Waals surface area contributed by atoms with Crippen LogP contribution in [0.15, 0.2) is 77.9 Å². The molecule has 178 valence electrons. The highest BCUT2D eigenvalue weighted by Gasteiger charge is 2.14. The number of halogens is 2. The molecular weight excluding hydrogens is 579 g/mol. The fourth-order valence-electron chi connectivity index (χ4n) is 3.44. The number of nitrogens with one attached hydrogen (secondary N) is 1. The van der Waals surface area contributed by atoms with Gasteiger partial charge in [-0.3, -0.25) is 4.79 Å². The molecule has 0 fully saturated rings. The van der Waals surface area contributed by atoms with Gasteiger partial charge in [-0.25, -0.2) is 5.43 Å². The van der Waals surface area contributed by atoms with Gasteiger partial charge < -0.3 is 14.6 Å². The number of amides is 1. The van der Waals surface area contributed by atoms with Crippen LogP contribution in [0, 0.1) is 3.57 Å². The first-order valence-electron chi connectivity index (χ1n) is 10.8. The van der Waals surface area contributed by atoms with E-state index in [1.165, 1.54) is 6.21 Å². The van der Waals surface area contributed by atoms with Crippen LogP contribution < -0.4 is 14.9 Å². The standard InChI is InChI=1S/C27H22ClIN2O4/c1-2-34-25-12-18(11-23(28)26(25)35-16-17-7-9-21(29)10-8-17)15-30-31-27(33)22-13-19-5-3-4-6-20(19)14-24(22)32/h3-15,32H,2,16H2,1H3,(H,31,33).